The number of carbonyl (C=O) groups excluding carboxylic acids is 1. The Morgan fingerprint density at radius 1 is 1.25 bits per heavy atom. The molecule has 1 amide bonds. The van der Waals surface area contributed by atoms with Crippen molar-refractivity contribution < 1.29 is 14.3 Å². The van der Waals surface area contributed by atoms with Gasteiger partial charge in [-0.2, -0.15) is 0 Å². The third-order valence-electron chi connectivity index (χ3n) is 2.80. The number of amides is 1. The molecule has 0 radical (unpaired) electrons. The molecule has 0 spiro atoms. The SMILES string of the molecule is COCCN(CCOC)c1c(Cl)cc(N)cc1C(N)=O. The van der Waals surface area contributed by atoms with Crippen LogP contribution in [0.2, 0.25) is 5.02 Å². The number of benzene rings is 1. The Labute approximate surface area is 123 Å². The van der Waals surface area contributed by atoms with Crippen molar-refractivity contribution in [1.82, 2.24) is 0 Å². The number of methoxy groups -OCH3 is 2. The number of nitrogens with zero attached hydrogens (tertiary/aromatic N) is 1. The van der Waals surface area contributed by atoms with Gasteiger partial charge in [0.25, 0.3) is 5.91 Å². The Morgan fingerprint density at radius 2 is 1.80 bits per heavy atom. The first kappa shape index (κ1) is 16.6. The van der Waals surface area contributed by atoms with E-state index in [0.717, 1.165) is 0 Å². The average Bonchev–Trinajstić information content (AvgIpc) is 2.39. The van der Waals surface area contributed by atoms with Crippen LogP contribution in [0.5, 0.6) is 0 Å². The maximum atomic E-state index is 11.6. The summed E-state index contributed by atoms with van der Waals surface area (Å²) >= 11 is 6.22. The molecule has 20 heavy (non-hydrogen) atoms. The van der Waals surface area contributed by atoms with E-state index in [2.05, 4.69) is 0 Å². The molecule has 112 valence electrons. The fraction of sp³-hybridized carbons (Fsp3) is 0.462. The van der Waals surface area contributed by atoms with Gasteiger partial charge >= 0.3 is 0 Å². The Balaban J connectivity index is 3.18. The maximum Gasteiger partial charge on any atom is 0.250 e. The van der Waals surface area contributed by atoms with Crippen LogP contribution in [-0.4, -0.2) is 46.4 Å². The summed E-state index contributed by atoms with van der Waals surface area (Å²) in [5, 5.41) is 0.381. The lowest BCUT2D eigenvalue weighted by molar-refractivity contribution is 0.100. The highest BCUT2D eigenvalue weighted by atomic mass is 35.5. The van der Waals surface area contributed by atoms with Crippen molar-refractivity contribution in [2.45, 2.75) is 0 Å². The summed E-state index contributed by atoms with van der Waals surface area (Å²) < 4.78 is 10.1. The first-order chi connectivity index (χ1) is 9.51. The second-order valence-electron chi connectivity index (χ2n) is 4.24. The molecule has 4 N–H and O–H groups in total. The number of hydrogen-bond donors (Lipinski definition) is 2. The molecule has 0 saturated heterocycles. The third-order valence-corrected chi connectivity index (χ3v) is 3.09. The highest BCUT2D eigenvalue weighted by molar-refractivity contribution is 6.34. The van der Waals surface area contributed by atoms with Gasteiger partial charge in [0.1, 0.15) is 0 Å². The standard InChI is InChI=1S/C13H20ClN3O3/c1-19-5-3-17(4-6-20-2)12-10(13(16)18)7-9(15)8-11(12)14/h7-8H,3-6,15H2,1-2H3,(H2,16,18). The maximum absolute atomic E-state index is 11.6. The van der Waals surface area contributed by atoms with Gasteiger partial charge < -0.3 is 25.8 Å². The molecular formula is C13H20ClN3O3. The fourth-order valence-electron chi connectivity index (χ4n) is 1.87. The second-order valence-corrected chi connectivity index (χ2v) is 4.64. The van der Waals surface area contributed by atoms with Gasteiger partial charge in [-0.15, -0.1) is 0 Å². The lowest BCUT2D eigenvalue weighted by Crippen LogP contribution is -2.33. The van der Waals surface area contributed by atoms with Gasteiger partial charge in [-0.1, -0.05) is 11.6 Å². The van der Waals surface area contributed by atoms with Crippen LogP contribution >= 0.6 is 11.6 Å². The zero-order valence-electron chi connectivity index (χ0n) is 11.7. The summed E-state index contributed by atoms with van der Waals surface area (Å²) in [4.78, 5) is 13.5. The Morgan fingerprint density at radius 3 is 2.25 bits per heavy atom. The zero-order chi connectivity index (χ0) is 15.1. The monoisotopic (exact) mass is 301 g/mol. The Bertz CT molecular complexity index is 460. The quantitative estimate of drug-likeness (QED) is 0.702. The number of primary amides is 1. The zero-order valence-corrected chi connectivity index (χ0v) is 12.4. The topological polar surface area (TPSA) is 90.8 Å². The predicted molar refractivity (Wildman–Crippen MR) is 80.3 cm³/mol. The van der Waals surface area contributed by atoms with Gasteiger partial charge in [0.2, 0.25) is 0 Å². The van der Waals surface area contributed by atoms with Crippen molar-refractivity contribution in [3.63, 3.8) is 0 Å². The Kier molecular flexibility index (Phi) is 6.57. The van der Waals surface area contributed by atoms with Crippen molar-refractivity contribution in [2.75, 3.05) is 51.2 Å². The predicted octanol–water partition coefficient (Wildman–Crippen LogP) is 1.12. The van der Waals surface area contributed by atoms with Crippen molar-refractivity contribution in [3.05, 3.63) is 22.7 Å². The fourth-order valence-corrected chi connectivity index (χ4v) is 2.21. The molecule has 0 atom stereocenters. The molecule has 0 heterocycles. The molecule has 1 aromatic rings. The van der Waals surface area contributed by atoms with Crippen LogP contribution in [0.15, 0.2) is 12.1 Å². The number of rotatable bonds is 8. The second kappa shape index (κ2) is 7.94. The van der Waals surface area contributed by atoms with E-state index in [1.807, 2.05) is 4.90 Å². The molecule has 0 aliphatic carbocycles. The van der Waals surface area contributed by atoms with E-state index in [9.17, 15) is 4.79 Å². The van der Waals surface area contributed by atoms with Gasteiger partial charge in [-0.05, 0) is 12.1 Å². The highest BCUT2D eigenvalue weighted by Gasteiger charge is 2.19. The van der Waals surface area contributed by atoms with Crippen molar-refractivity contribution in [1.29, 1.82) is 0 Å². The summed E-state index contributed by atoms with van der Waals surface area (Å²) in [7, 11) is 3.21. The summed E-state index contributed by atoms with van der Waals surface area (Å²) in [5.74, 6) is -0.575. The number of nitrogen functional groups attached to an aromatic ring is 1. The van der Waals surface area contributed by atoms with Crippen LogP contribution in [0.4, 0.5) is 11.4 Å². The molecule has 0 aliphatic rings. The molecule has 0 aromatic heterocycles. The minimum atomic E-state index is -0.575. The minimum Gasteiger partial charge on any atom is -0.399 e. The van der Waals surface area contributed by atoms with Gasteiger partial charge in [-0.25, -0.2) is 0 Å². The number of ether oxygens (including phenoxy) is 2. The molecule has 0 fully saturated rings. The molecule has 7 heteroatoms. The van der Waals surface area contributed by atoms with Gasteiger partial charge in [0.05, 0.1) is 29.5 Å². The van der Waals surface area contributed by atoms with Crippen molar-refractivity contribution in [3.8, 4) is 0 Å². The van der Waals surface area contributed by atoms with Gasteiger partial charge in [-0.3, -0.25) is 4.79 Å². The number of hydrogen-bond acceptors (Lipinski definition) is 5. The molecule has 0 aliphatic heterocycles. The summed E-state index contributed by atoms with van der Waals surface area (Å²) in [5.41, 5.74) is 12.4. The van der Waals surface area contributed by atoms with Crippen molar-refractivity contribution >= 4 is 28.9 Å². The molecular weight excluding hydrogens is 282 g/mol. The van der Waals surface area contributed by atoms with Crippen LogP contribution in [0.1, 0.15) is 10.4 Å². The van der Waals surface area contributed by atoms with E-state index in [4.69, 9.17) is 32.5 Å². The molecule has 6 nitrogen and oxygen atoms in total. The van der Waals surface area contributed by atoms with E-state index in [1.165, 1.54) is 6.07 Å². The van der Waals surface area contributed by atoms with Crippen LogP contribution in [0.25, 0.3) is 0 Å². The lowest BCUT2D eigenvalue weighted by atomic mass is 10.1. The average molecular weight is 302 g/mol. The van der Waals surface area contributed by atoms with E-state index >= 15 is 0 Å². The Hall–Kier alpha value is -1.50. The lowest BCUT2D eigenvalue weighted by Gasteiger charge is -2.27. The summed E-state index contributed by atoms with van der Waals surface area (Å²) in [6.45, 7) is 2.10. The normalized spacial score (nSPS) is 10.6. The van der Waals surface area contributed by atoms with Crippen LogP contribution in [0, 0.1) is 0 Å². The molecule has 0 bridgehead atoms. The van der Waals surface area contributed by atoms with Gasteiger partial charge in [0, 0.05) is 33.0 Å². The summed E-state index contributed by atoms with van der Waals surface area (Å²) in [6.07, 6.45) is 0. The number of anilines is 2. The summed E-state index contributed by atoms with van der Waals surface area (Å²) in [6, 6.07) is 3.12. The number of carbonyl (C=O) groups is 1. The van der Waals surface area contributed by atoms with E-state index < -0.39 is 5.91 Å². The molecule has 0 unspecified atom stereocenters. The van der Waals surface area contributed by atoms with E-state index in [-0.39, 0.29) is 0 Å². The van der Waals surface area contributed by atoms with E-state index in [0.29, 0.717) is 48.3 Å². The van der Waals surface area contributed by atoms with Crippen molar-refractivity contribution in [2.24, 2.45) is 5.73 Å². The minimum absolute atomic E-state index is 0.294. The van der Waals surface area contributed by atoms with Crippen LogP contribution in [0.3, 0.4) is 0 Å². The highest BCUT2D eigenvalue weighted by Crippen LogP contribution is 2.32. The smallest absolute Gasteiger partial charge is 0.250 e. The number of halogens is 1. The molecule has 0 saturated carbocycles. The van der Waals surface area contributed by atoms with Gasteiger partial charge in [0.15, 0.2) is 0 Å². The first-order valence-corrected chi connectivity index (χ1v) is 6.50. The molecule has 1 rings (SSSR count). The molecule has 1 aromatic carbocycles. The number of nitrogens with two attached hydrogens (primary N) is 2. The third kappa shape index (κ3) is 4.26. The largest absolute Gasteiger partial charge is 0.399 e. The van der Waals surface area contributed by atoms with Crippen LogP contribution < -0.4 is 16.4 Å². The first-order valence-electron chi connectivity index (χ1n) is 6.13. The van der Waals surface area contributed by atoms with E-state index in [1.54, 1.807) is 20.3 Å². The van der Waals surface area contributed by atoms with Crippen LogP contribution in [-0.2, 0) is 9.47 Å².